The van der Waals surface area contributed by atoms with E-state index < -0.39 is 5.97 Å². The molecule has 0 saturated carbocycles. The number of aliphatic imine (C=N–C) groups is 1. The lowest BCUT2D eigenvalue weighted by molar-refractivity contribution is -0.133. The van der Waals surface area contributed by atoms with Crippen LogP contribution in [0.1, 0.15) is 11.1 Å². The maximum atomic E-state index is 12.2. The summed E-state index contributed by atoms with van der Waals surface area (Å²) in [5.74, 6) is 0.228. The van der Waals surface area contributed by atoms with Gasteiger partial charge in [-0.1, -0.05) is 71.1 Å². The Labute approximate surface area is 184 Å². The van der Waals surface area contributed by atoms with Crippen molar-refractivity contribution in [2.45, 2.75) is 10.6 Å². The number of hydrogen-bond acceptors (Lipinski definition) is 7. The van der Waals surface area contributed by atoms with Gasteiger partial charge in [0.2, 0.25) is 0 Å². The number of nitrogens with zero attached hydrogens (tertiary/aromatic N) is 1. The molecule has 2 rings (SSSR count). The Morgan fingerprint density at radius 1 is 1.10 bits per heavy atom. The molecule has 7 heteroatoms. The molecule has 0 aliphatic heterocycles. The van der Waals surface area contributed by atoms with E-state index >= 15 is 0 Å². The van der Waals surface area contributed by atoms with Crippen molar-refractivity contribution < 1.29 is 14.3 Å². The summed E-state index contributed by atoms with van der Waals surface area (Å²) in [5.41, 5.74) is 2.18. The average molecular weight is 446 g/mol. The van der Waals surface area contributed by atoms with Crippen molar-refractivity contribution in [3.63, 3.8) is 0 Å². The van der Waals surface area contributed by atoms with E-state index in [-0.39, 0.29) is 0 Å². The van der Waals surface area contributed by atoms with Crippen LogP contribution < -0.4 is 0 Å². The van der Waals surface area contributed by atoms with E-state index in [1.54, 1.807) is 39.4 Å². The summed E-state index contributed by atoms with van der Waals surface area (Å²) in [5, 5.41) is 0. The van der Waals surface area contributed by atoms with Crippen molar-refractivity contribution >= 4 is 49.3 Å². The number of benzene rings is 2. The first kappa shape index (κ1) is 23.2. The molecule has 0 saturated heterocycles. The third kappa shape index (κ3) is 7.68. The molecular weight excluding hydrogens is 422 g/mol. The van der Waals surface area contributed by atoms with Gasteiger partial charge in [0.15, 0.2) is 0 Å². The van der Waals surface area contributed by atoms with Crippen molar-refractivity contribution in [1.82, 2.24) is 0 Å². The van der Waals surface area contributed by atoms with E-state index in [2.05, 4.69) is 23.7 Å². The fraction of sp³-hybridized carbons (Fsp3) is 0.182. The summed E-state index contributed by atoms with van der Waals surface area (Å²) in [4.78, 5) is 17.9. The van der Waals surface area contributed by atoms with Crippen molar-refractivity contribution in [3.05, 3.63) is 84.6 Å². The molecule has 2 aromatic carbocycles. The summed E-state index contributed by atoms with van der Waals surface area (Å²) in [6.07, 6.45) is 3.20. The van der Waals surface area contributed by atoms with E-state index in [4.69, 9.17) is 9.47 Å². The first-order valence-corrected chi connectivity index (χ1v) is 11.9. The highest BCUT2D eigenvalue weighted by Gasteiger charge is 2.17. The van der Waals surface area contributed by atoms with E-state index in [1.807, 2.05) is 42.5 Å². The lowest BCUT2D eigenvalue weighted by Crippen LogP contribution is -2.06. The lowest BCUT2D eigenvalue weighted by Gasteiger charge is -2.12. The second-order valence-corrected chi connectivity index (χ2v) is 8.99. The van der Waals surface area contributed by atoms with Crippen molar-refractivity contribution in [1.29, 1.82) is 0 Å². The van der Waals surface area contributed by atoms with Crippen LogP contribution in [0.2, 0.25) is 0 Å². The van der Waals surface area contributed by atoms with Crippen LogP contribution in [0.5, 0.6) is 0 Å². The highest BCUT2D eigenvalue weighted by molar-refractivity contribution is 8.86. The molecule has 0 atom stereocenters. The molecule has 0 N–H and O–H groups in total. The van der Waals surface area contributed by atoms with Gasteiger partial charge in [-0.15, -0.1) is 6.58 Å². The zero-order valence-corrected chi connectivity index (χ0v) is 18.8. The van der Waals surface area contributed by atoms with Crippen LogP contribution in [0.25, 0.3) is 5.57 Å². The molecule has 0 aromatic heterocycles. The minimum absolute atomic E-state index is 0.391. The van der Waals surface area contributed by atoms with Gasteiger partial charge in [-0.25, -0.2) is 4.79 Å². The molecule has 0 fully saturated rings. The smallest absolute Gasteiger partial charge is 0.341 e. The molecule has 0 bridgehead atoms. The van der Waals surface area contributed by atoms with Gasteiger partial charge in [-0.05, 0) is 34.1 Å². The van der Waals surface area contributed by atoms with E-state index in [0.29, 0.717) is 17.9 Å². The molecule has 0 amide bonds. The van der Waals surface area contributed by atoms with Gasteiger partial charge in [0.1, 0.15) is 9.95 Å². The summed E-state index contributed by atoms with van der Waals surface area (Å²) < 4.78 is 10.9. The maximum absolute atomic E-state index is 12.2. The number of hydrogen-bond donors (Lipinski definition) is 0. The van der Waals surface area contributed by atoms with Crippen LogP contribution in [-0.4, -0.2) is 31.1 Å². The summed E-state index contributed by atoms with van der Waals surface area (Å²) in [6, 6.07) is 17.9. The number of thioether (sulfide) groups is 1. The fourth-order valence-electron chi connectivity index (χ4n) is 2.29. The van der Waals surface area contributed by atoms with Crippen LogP contribution in [-0.2, 0) is 20.0 Å². The minimum Gasteiger partial charge on any atom is -0.503 e. The highest BCUT2D eigenvalue weighted by atomic mass is 33.1. The monoisotopic (exact) mass is 445 g/mol. The SMILES string of the molecule is C=CCN=C(SCc1ccccc1/C(=C\OC)C(=O)OC)SSc1ccccc1. The molecule has 0 radical (unpaired) electrons. The molecule has 2 aromatic rings. The summed E-state index contributed by atoms with van der Waals surface area (Å²) in [7, 11) is 6.16. The molecular formula is C22H23NO3S3. The Morgan fingerprint density at radius 2 is 1.83 bits per heavy atom. The van der Waals surface area contributed by atoms with E-state index in [9.17, 15) is 4.79 Å². The quantitative estimate of drug-likeness (QED) is 0.0889. The Bertz CT molecular complexity index is 867. The second-order valence-electron chi connectivity index (χ2n) is 5.58. The van der Waals surface area contributed by atoms with Gasteiger partial charge < -0.3 is 9.47 Å². The Kier molecular flexibility index (Phi) is 10.5. The first-order valence-electron chi connectivity index (χ1n) is 8.76. The minimum atomic E-state index is -0.432. The van der Waals surface area contributed by atoms with Gasteiger partial charge in [-0.2, -0.15) is 0 Å². The molecule has 0 aliphatic carbocycles. The third-order valence-electron chi connectivity index (χ3n) is 3.60. The van der Waals surface area contributed by atoms with Crippen LogP contribution in [0, 0.1) is 0 Å². The Balaban J connectivity index is 2.15. The topological polar surface area (TPSA) is 47.9 Å². The van der Waals surface area contributed by atoms with Crippen molar-refractivity contribution in [3.8, 4) is 0 Å². The van der Waals surface area contributed by atoms with Crippen LogP contribution in [0.15, 0.2) is 83.4 Å². The van der Waals surface area contributed by atoms with Crippen molar-refractivity contribution in [2.75, 3.05) is 20.8 Å². The maximum Gasteiger partial charge on any atom is 0.341 e. The average Bonchev–Trinajstić information content (AvgIpc) is 2.77. The zero-order chi connectivity index (χ0) is 20.9. The number of carbonyl (C=O) groups excluding carboxylic acids is 1. The van der Waals surface area contributed by atoms with Gasteiger partial charge in [0.25, 0.3) is 0 Å². The van der Waals surface area contributed by atoms with E-state index in [0.717, 1.165) is 15.5 Å². The second kappa shape index (κ2) is 13.2. The number of esters is 1. The molecule has 0 spiro atoms. The number of methoxy groups -OCH3 is 2. The number of ether oxygens (including phenoxy) is 2. The molecule has 0 heterocycles. The summed E-state index contributed by atoms with van der Waals surface area (Å²) >= 11 is 1.63. The van der Waals surface area contributed by atoms with Crippen LogP contribution in [0.4, 0.5) is 0 Å². The zero-order valence-electron chi connectivity index (χ0n) is 16.4. The molecule has 4 nitrogen and oxygen atoms in total. The number of rotatable bonds is 9. The third-order valence-corrected chi connectivity index (χ3v) is 7.47. The standard InChI is InChI=1S/C22H23NO3S3/c1-4-14-23-22(29-28-18-11-6-5-7-12-18)27-16-17-10-8-9-13-19(17)20(15-25-2)21(24)26-3/h4-13,15H,1,14,16H2,2-3H3/b20-15+,23-22?. The molecule has 29 heavy (non-hydrogen) atoms. The highest BCUT2D eigenvalue weighted by Crippen LogP contribution is 2.37. The van der Waals surface area contributed by atoms with Gasteiger partial charge in [0.05, 0.1) is 27.0 Å². The molecule has 152 valence electrons. The van der Waals surface area contributed by atoms with Crippen LogP contribution in [0.3, 0.4) is 0 Å². The predicted molar refractivity (Wildman–Crippen MR) is 127 cm³/mol. The Hall–Kier alpha value is -2.09. The lowest BCUT2D eigenvalue weighted by atomic mass is 10.0. The predicted octanol–water partition coefficient (Wildman–Crippen LogP) is 6.06. The van der Waals surface area contributed by atoms with Crippen LogP contribution >= 0.6 is 33.3 Å². The number of carbonyl (C=O) groups is 1. The van der Waals surface area contributed by atoms with Crippen molar-refractivity contribution in [2.24, 2.45) is 4.99 Å². The van der Waals surface area contributed by atoms with Gasteiger partial charge in [0, 0.05) is 10.6 Å². The van der Waals surface area contributed by atoms with Gasteiger partial charge in [-0.3, -0.25) is 4.99 Å². The van der Waals surface area contributed by atoms with Gasteiger partial charge >= 0.3 is 5.97 Å². The molecule has 0 aliphatic rings. The van der Waals surface area contributed by atoms with E-state index in [1.165, 1.54) is 25.4 Å². The Morgan fingerprint density at radius 3 is 2.52 bits per heavy atom. The normalized spacial score (nSPS) is 11.8. The molecule has 0 unspecified atom stereocenters. The largest absolute Gasteiger partial charge is 0.503 e. The fourth-order valence-corrected chi connectivity index (χ4v) is 5.65. The summed E-state index contributed by atoms with van der Waals surface area (Å²) in [6.45, 7) is 4.31. The first-order chi connectivity index (χ1) is 14.2.